The molecule has 0 radical (unpaired) electrons. The second kappa shape index (κ2) is 11.1. The maximum Gasteiger partial charge on any atom is 0.332 e. The molecule has 236 valence electrons. The fraction of sp³-hybridized carbons (Fsp3) is 0. The normalized spacial score (nSPS) is 12.9. The predicted octanol–water partition coefficient (Wildman–Crippen LogP) is 10.9. The summed E-state index contributed by atoms with van der Waals surface area (Å²) >= 11 is 1.84. The van der Waals surface area contributed by atoms with E-state index in [1.165, 1.54) is 52.8 Å². The number of rotatable bonds is 3. The molecule has 1 aliphatic rings. The van der Waals surface area contributed by atoms with Crippen LogP contribution < -0.4 is 15.7 Å². The number of hydrogen-bond donors (Lipinski definition) is 0. The van der Waals surface area contributed by atoms with Gasteiger partial charge in [0.15, 0.2) is 0 Å². The van der Waals surface area contributed by atoms with Crippen LogP contribution in [0.5, 0.6) is 0 Å². The molecular weight excluding hydrogens is 637 g/mol. The van der Waals surface area contributed by atoms with E-state index < -0.39 is 0 Å². The average molecular weight is 667 g/mol. The summed E-state index contributed by atoms with van der Waals surface area (Å²) in [6, 6.07) is 58.0. The molecule has 3 nitrogen and oxygen atoms in total. The zero-order valence-corrected chi connectivity index (χ0v) is 28.2. The van der Waals surface area contributed by atoms with E-state index in [0.29, 0.717) is 12.0 Å². The molecule has 5 heteroatoms. The Morgan fingerprint density at radius 3 is 2.10 bits per heavy atom. The highest BCUT2D eigenvalue weighted by Gasteiger charge is 2.42. The van der Waals surface area contributed by atoms with E-state index >= 15 is 0 Å². The van der Waals surface area contributed by atoms with Gasteiger partial charge in [0, 0.05) is 47.8 Å². The fourth-order valence-corrected chi connectivity index (χ4v) is 9.51. The van der Waals surface area contributed by atoms with Crippen molar-refractivity contribution < 1.29 is 1.37 Å². The second-order valence-corrected chi connectivity index (χ2v) is 14.2. The molecule has 0 amide bonds. The van der Waals surface area contributed by atoms with Gasteiger partial charge in [0.25, 0.3) is 0 Å². The first-order valence-electron chi connectivity index (χ1n) is 17.8. The van der Waals surface area contributed by atoms with Gasteiger partial charge in [0.1, 0.15) is 0 Å². The Hall–Kier alpha value is -6.30. The fourth-order valence-electron chi connectivity index (χ4n) is 8.27. The minimum atomic E-state index is -0.381. The SMILES string of the molecule is [2H]c1ccccc1B1c2ccc3ccccc3c2-c2c(c3c4ccccc4sc3c3ccccc23)N1c1nc(-c2ccccc2)c2ccccc2n1. The van der Waals surface area contributed by atoms with Crippen LogP contribution >= 0.6 is 11.3 Å². The lowest BCUT2D eigenvalue weighted by atomic mass is 9.45. The van der Waals surface area contributed by atoms with Crippen molar-refractivity contribution in [2.45, 2.75) is 0 Å². The minimum Gasteiger partial charge on any atom is -0.345 e. The molecule has 0 atom stereocenters. The molecule has 51 heavy (non-hydrogen) atoms. The summed E-state index contributed by atoms with van der Waals surface area (Å²) in [7, 11) is 0. The van der Waals surface area contributed by atoms with Crippen LogP contribution in [-0.2, 0) is 0 Å². The summed E-state index contributed by atoms with van der Waals surface area (Å²) < 4.78 is 11.9. The van der Waals surface area contributed by atoms with Crippen molar-refractivity contribution in [2.75, 3.05) is 4.81 Å². The molecule has 1 aliphatic heterocycles. The van der Waals surface area contributed by atoms with Crippen molar-refractivity contribution in [1.29, 1.82) is 0 Å². The Morgan fingerprint density at radius 1 is 0.549 bits per heavy atom. The predicted molar refractivity (Wildman–Crippen MR) is 218 cm³/mol. The Kier molecular flexibility index (Phi) is 5.99. The van der Waals surface area contributed by atoms with Gasteiger partial charge in [0.2, 0.25) is 5.95 Å². The van der Waals surface area contributed by atoms with Crippen LogP contribution in [0.25, 0.3) is 75.0 Å². The summed E-state index contributed by atoms with van der Waals surface area (Å²) in [5.41, 5.74) is 8.30. The summed E-state index contributed by atoms with van der Waals surface area (Å²) in [4.78, 5) is 13.3. The monoisotopic (exact) mass is 666 g/mol. The van der Waals surface area contributed by atoms with Crippen LogP contribution in [0.4, 0.5) is 11.6 Å². The smallest absolute Gasteiger partial charge is 0.332 e. The molecule has 0 bridgehead atoms. The Morgan fingerprint density at radius 2 is 1.24 bits per heavy atom. The summed E-state index contributed by atoms with van der Waals surface area (Å²) in [6.45, 7) is -0.381. The molecule has 0 saturated carbocycles. The van der Waals surface area contributed by atoms with E-state index in [9.17, 15) is 1.37 Å². The standard InChI is InChI=1S/C46H28BN3S/c1-3-16-30(17-4-1)43-35-23-11-13-25-38(35)48-46(49-43)50-44-41(33-21-9-10-22-34(33)45-42(44)36-24-12-14-26-39(36)51-45)40-32-20-8-7-15-29(32)27-28-37(40)47(50)31-18-5-2-6-19-31/h1-28H/i18D. The van der Waals surface area contributed by atoms with Crippen molar-refractivity contribution in [3.8, 4) is 22.4 Å². The zero-order valence-electron chi connectivity index (χ0n) is 28.4. The van der Waals surface area contributed by atoms with Gasteiger partial charge in [-0.3, -0.25) is 0 Å². The maximum atomic E-state index is 9.39. The van der Waals surface area contributed by atoms with Crippen molar-refractivity contribution in [1.82, 2.24) is 9.97 Å². The Balaban J connectivity index is 1.39. The molecule has 0 aliphatic carbocycles. The van der Waals surface area contributed by atoms with Gasteiger partial charge in [-0.1, -0.05) is 163 Å². The first-order chi connectivity index (χ1) is 25.7. The van der Waals surface area contributed by atoms with Crippen LogP contribution in [0.2, 0.25) is 0 Å². The van der Waals surface area contributed by atoms with Crippen LogP contribution in [0, 0.1) is 0 Å². The molecule has 8 aromatic carbocycles. The molecule has 0 saturated heterocycles. The summed E-state index contributed by atoms with van der Waals surface area (Å²) in [5, 5.41) is 8.22. The largest absolute Gasteiger partial charge is 0.345 e. The van der Waals surface area contributed by atoms with Crippen molar-refractivity contribution in [2.24, 2.45) is 0 Å². The minimum absolute atomic E-state index is 0.381. The first kappa shape index (κ1) is 27.5. The van der Waals surface area contributed by atoms with E-state index in [2.05, 4.69) is 144 Å². The molecule has 2 aromatic heterocycles. The number of aromatic nitrogens is 2. The zero-order chi connectivity index (χ0) is 34.3. The summed E-state index contributed by atoms with van der Waals surface area (Å²) in [6.07, 6.45) is 0. The number of anilines is 2. The third kappa shape index (κ3) is 4.19. The number of fused-ring (bicyclic) bond motifs is 13. The number of para-hydroxylation sites is 1. The molecule has 0 fully saturated rings. The third-order valence-corrected chi connectivity index (χ3v) is 11.6. The van der Waals surface area contributed by atoms with Crippen LogP contribution in [0.15, 0.2) is 170 Å². The molecule has 0 N–H and O–H groups in total. The number of hydrogen-bond acceptors (Lipinski definition) is 4. The lowest BCUT2D eigenvalue weighted by Gasteiger charge is -2.39. The quantitative estimate of drug-likeness (QED) is 0.176. The van der Waals surface area contributed by atoms with Gasteiger partial charge in [-0.15, -0.1) is 11.3 Å². The van der Waals surface area contributed by atoms with Crippen LogP contribution in [0.3, 0.4) is 0 Å². The van der Waals surface area contributed by atoms with Crippen LogP contribution in [0.1, 0.15) is 1.37 Å². The van der Waals surface area contributed by atoms with Gasteiger partial charge in [-0.2, -0.15) is 0 Å². The van der Waals surface area contributed by atoms with E-state index in [0.717, 1.165) is 38.8 Å². The molecule has 0 unspecified atom stereocenters. The highest BCUT2D eigenvalue weighted by atomic mass is 32.1. The lowest BCUT2D eigenvalue weighted by Crippen LogP contribution is -2.58. The number of nitrogens with zero attached hydrogens (tertiary/aromatic N) is 3. The van der Waals surface area contributed by atoms with Crippen LogP contribution in [-0.4, -0.2) is 16.8 Å². The highest BCUT2D eigenvalue weighted by molar-refractivity contribution is 7.27. The van der Waals surface area contributed by atoms with Gasteiger partial charge >= 0.3 is 6.85 Å². The topological polar surface area (TPSA) is 29.0 Å². The molecular formula is C46H28BN3S. The van der Waals surface area contributed by atoms with E-state index in [1.54, 1.807) is 0 Å². The Labute approximate surface area is 300 Å². The Bertz CT molecular complexity index is 3070. The van der Waals surface area contributed by atoms with Crippen molar-refractivity contribution in [3.63, 3.8) is 0 Å². The van der Waals surface area contributed by atoms with Gasteiger partial charge in [-0.05, 0) is 39.3 Å². The second-order valence-electron chi connectivity index (χ2n) is 13.2. The first-order valence-corrected chi connectivity index (χ1v) is 18.1. The van der Waals surface area contributed by atoms with E-state index in [4.69, 9.17) is 9.97 Å². The van der Waals surface area contributed by atoms with E-state index in [1.807, 2.05) is 35.6 Å². The highest BCUT2D eigenvalue weighted by Crippen LogP contribution is 2.54. The van der Waals surface area contributed by atoms with Gasteiger partial charge in [0.05, 0.1) is 12.6 Å². The van der Waals surface area contributed by atoms with E-state index in [-0.39, 0.29) is 6.85 Å². The third-order valence-electron chi connectivity index (χ3n) is 10.4. The average Bonchev–Trinajstić information content (AvgIpc) is 3.60. The van der Waals surface area contributed by atoms with Crippen molar-refractivity contribution >= 4 is 93.4 Å². The molecule has 3 heterocycles. The van der Waals surface area contributed by atoms with Crippen molar-refractivity contribution in [3.05, 3.63) is 170 Å². The van der Waals surface area contributed by atoms with Gasteiger partial charge < -0.3 is 4.81 Å². The number of benzene rings is 8. The number of thiophene rings is 1. The lowest BCUT2D eigenvalue weighted by molar-refractivity contribution is 1.16. The molecule has 11 rings (SSSR count). The summed E-state index contributed by atoms with van der Waals surface area (Å²) in [5.74, 6) is 0.609. The molecule has 10 aromatic rings. The maximum absolute atomic E-state index is 9.39. The molecule has 0 spiro atoms. The van der Waals surface area contributed by atoms with Gasteiger partial charge in [-0.25, -0.2) is 9.97 Å².